The Balaban J connectivity index is 2.63. The summed E-state index contributed by atoms with van der Waals surface area (Å²) in [7, 11) is 1.48. The molecule has 16 heavy (non-hydrogen) atoms. The first-order chi connectivity index (χ1) is 7.72. The zero-order chi connectivity index (χ0) is 11.5. The van der Waals surface area contributed by atoms with Crippen LogP contribution in [0.3, 0.4) is 0 Å². The number of benzene rings is 1. The minimum Gasteiger partial charge on any atom is -0.496 e. The van der Waals surface area contributed by atoms with Crippen LogP contribution in [0.4, 0.5) is 10.2 Å². The predicted molar refractivity (Wildman–Crippen MR) is 56.2 cm³/mol. The van der Waals surface area contributed by atoms with Gasteiger partial charge in [0, 0.05) is 0 Å². The molecular weight excluding hydrogens is 211 g/mol. The Morgan fingerprint density at radius 3 is 2.88 bits per heavy atom. The number of hydrogen-bond acceptors (Lipinski definition) is 5. The summed E-state index contributed by atoms with van der Waals surface area (Å²) in [6.07, 6.45) is 1.23. The molecule has 2 aromatic rings. The maximum Gasteiger partial charge on any atom is 0.153 e. The topological polar surface area (TPSA) is 73.9 Å². The fourth-order valence-electron chi connectivity index (χ4n) is 1.34. The van der Waals surface area contributed by atoms with E-state index in [1.807, 2.05) is 0 Å². The van der Waals surface area contributed by atoms with Crippen molar-refractivity contribution in [2.45, 2.75) is 0 Å². The van der Waals surface area contributed by atoms with Gasteiger partial charge in [-0.2, -0.15) is 0 Å². The van der Waals surface area contributed by atoms with Gasteiger partial charge in [-0.15, -0.1) is 10.2 Å². The summed E-state index contributed by atoms with van der Waals surface area (Å²) in [6, 6.07) is 4.07. The molecule has 0 fully saturated rings. The van der Waals surface area contributed by atoms with Crippen molar-refractivity contribution in [2.24, 2.45) is 0 Å². The van der Waals surface area contributed by atoms with Crippen LogP contribution in [-0.4, -0.2) is 22.3 Å². The van der Waals surface area contributed by atoms with Crippen LogP contribution in [0.5, 0.6) is 5.75 Å². The van der Waals surface area contributed by atoms with Crippen LogP contribution in [0, 0.1) is 5.82 Å². The van der Waals surface area contributed by atoms with Crippen molar-refractivity contribution in [1.29, 1.82) is 0 Å². The van der Waals surface area contributed by atoms with Gasteiger partial charge in [-0.1, -0.05) is 0 Å². The van der Waals surface area contributed by atoms with Gasteiger partial charge in [0.15, 0.2) is 5.82 Å². The fraction of sp³-hybridized carbons (Fsp3) is 0.100. The van der Waals surface area contributed by atoms with Crippen LogP contribution in [-0.2, 0) is 0 Å². The molecule has 0 unspecified atom stereocenters. The summed E-state index contributed by atoms with van der Waals surface area (Å²) >= 11 is 0. The van der Waals surface area contributed by atoms with Crippen LogP contribution in [0.15, 0.2) is 24.5 Å². The molecule has 1 aromatic carbocycles. The van der Waals surface area contributed by atoms with E-state index < -0.39 is 5.82 Å². The quantitative estimate of drug-likeness (QED) is 0.824. The molecule has 0 amide bonds. The average molecular weight is 220 g/mol. The molecule has 6 heteroatoms. The van der Waals surface area contributed by atoms with E-state index in [0.717, 1.165) is 0 Å². The lowest BCUT2D eigenvalue weighted by Crippen LogP contribution is -2.00. The van der Waals surface area contributed by atoms with Crippen LogP contribution >= 0.6 is 0 Å². The third-order valence-electron chi connectivity index (χ3n) is 2.07. The molecule has 0 radical (unpaired) electrons. The summed E-state index contributed by atoms with van der Waals surface area (Å²) in [5.74, 6) is 0.246. The van der Waals surface area contributed by atoms with Gasteiger partial charge in [0.1, 0.15) is 23.6 Å². The van der Waals surface area contributed by atoms with E-state index in [1.165, 1.54) is 31.6 Å². The monoisotopic (exact) mass is 220 g/mol. The van der Waals surface area contributed by atoms with Gasteiger partial charge in [0.2, 0.25) is 0 Å². The minimum absolute atomic E-state index is 0.180. The number of methoxy groups -OCH3 is 1. The van der Waals surface area contributed by atoms with Crippen LogP contribution in [0.1, 0.15) is 0 Å². The van der Waals surface area contributed by atoms with E-state index in [9.17, 15) is 4.39 Å². The first kappa shape index (κ1) is 10.3. The molecule has 2 N–H and O–H groups in total. The average Bonchev–Trinajstić information content (AvgIpc) is 2.29. The zero-order valence-electron chi connectivity index (χ0n) is 8.51. The molecule has 0 saturated carbocycles. The van der Waals surface area contributed by atoms with E-state index in [0.29, 0.717) is 17.0 Å². The molecule has 5 nitrogen and oxygen atoms in total. The largest absolute Gasteiger partial charge is 0.496 e. The normalized spacial score (nSPS) is 10.1. The molecule has 0 aliphatic heterocycles. The molecule has 0 aliphatic rings. The Morgan fingerprint density at radius 1 is 1.38 bits per heavy atom. The molecule has 0 aliphatic carbocycles. The van der Waals surface area contributed by atoms with E-state index in [1.54, 1.807) is 0 Å². The van der Waals surface area contributed by atoms with E-state index >= 15 is 0 Å². The number of aromatic nitrogens is 3. The lowest BCUT2D eigenvalue weighted by atomic mass is 10.1. The highest BCUT2D eigenvalue weighted by atomic mass is 19.1. The van der Waals surface area contributed by atoms with Crippen molar-refractivity contribution in [1.82, 2.24) is 15.2 Å². The maximum absolute atomic E-state index is 13.1. The third kappa shape index (κ3) is 1.77. The van der Waals surface area contributed by atoms with Crippen molar-refractivity contribution in [3.8, 4) is 17.0 Å². The highest BCUT2D eigenvalue weighted by molar-refractivity contribution is 5.74. The Morgan fingerprint density at radius 2 is 2.19 bits per heavy atom. The van der Waals surface area contributed by atoms with Gasteiger partial charge >= 0.3 is 0 Å². The molecule has 0 saturated heterocycles. The molecule has 0 bridgehead atoms. The smallest absolute Gasteiger partial charge is 0.153 e. The van der Waals surface area contributed by atoms with Gasteiger partial charge in [-0.25, -0.2) is 9.37 Å². The number of anilines is 1. The van der Waals surface area contributed by atoms with Crippen LogP contribution < -0.4 is 10.5 Å². The highest BCUT2D eigenvalue weighted by Crippen LogP contribution is 2.31. The van der Waals surface area contributed by atoms with Gasteiger partial charge < -0.3 is 10.5 Å². The summed E-state index contributed by atoms with van der Waals surface area (Å²) < 4.78 is 18.2. The summed E-state index contributed by atoms with van der Waals surface area (Å²) in [5.41, 5.74) is 6.37. The number of nitrogens with two attached hydrogens (primary N) is 1. The Labute approximate surface area is 91.1 Å². The van der Waals surface area contributed by atoms with Gasteiger partial charge in [-0.3, -0.25) is 0 Å². The first-order valence-electron chi connectivity index (χ1n) is 4.49. The van der Waals surface area contributed by atoms with Gasteiger partial charge in [0.25, 0.3) is 0 Å². The lowest BCUT2D eigenvalue weighted by Gasteiger charge is -2.08. The second-order valence-electron chi connectivity index (χ2n) is 3.04. The van der Waals surface area contributed by atoms with Gasteiger partial charge in [0.05, 0.1) is 12.7 Å². The standard InChI is InChI=1S/C10H9FN4O/c1-16-8-3-2-6(11)4-7(8)9-10(12)13-5-14-15-9/h2-5H,1H3,(H2,12,13,14). The van der Waals surface area contributed by atoms with Crippen LogP contribution in [0.25, 0.3) is 11.3 Å². The minimum atomic E-state index is -0.402. The zero-order valence-corrected chi connectivity index (χ0v) is 8.51. The van der Waals surface area contributed by atoms with Crippen LogP contribution in [0.2, 0.25) is 0 Å². The second kappa shape index (κ2) is 4.09. The predicted octanol–water partition coefficient (Wildman–Crippen LogP) is 1.27. The second-order valence-corrected chi connectivity index (χ2v) is 3.04. The summed E-state index contributed by atoms with van der Waals surface area (Å²) in [6.45, 7) is 0. The van der Waals surface area contributed by atoms with Crippen molar-refractivity contribution in [2.75, 3.05) is 12.8 Å². The van der Waals surface area contributed by atoms with E-state index in [4.69, 9.17) is 10.5 Å². The maximum atomic E-state index is 13.1. The van der Waals surface area contributed by atoms with Crippen molar-refractivity contribution in [3.05, 3.63) is 30.3 Å². The highest BCUT2D eigenvalue weighted by Gasteiger charge is 2.12. The molecule has 1 aromatic heterocycles. The fourth-order valence-corrected chi connectivity index (χ4v) is 1.34. The molecular formula is C10H9FN4O. The van der Waals surface area contributed by atoms with Crippen molar-refractivity contribution < 1.29 is 9.13 Å². The summed E-state index contributed by atoms with van der Waals surface area (Å²) in [4.78, 5) is 3.79. The van der Waals surface area contributed by atoms with Gasteiger partial charge in [-0.05, 0) is 18.2 Å². The Hall–Kier alpha value is -2.24. The summed E-state index contributed by atoms with van der Waals surface area (Å²) in [5, 5.41) is 7.42. The molecule has 1 heterocycles. The third-order valence-corrected chi connectivity index (χ3v) is 2.07. The van der Waals surface area contributed by atoms with Crippen molar-refractivity contribution in [3.63, 3.8) is 0 Å². The molecule has 0 spiro atoms. The SMILES string of the molecule is COc1ccc(F)cc1-c1nncnc1N. The number of rotatable bonds is 2. The molecule has 0 atom stereocenters. The molecule has 2 rings (SSSR count). The lowest BCUT2D eigenvalue weighted by molar-refractivity contribution is 0.415. The number of ether oxygens (including phenoxy) is 1. The number of nitrogens with zero attached hydrogens (tertiary/aromatic N) is 3. The number of halogens is 1. The van der Waals surface area contributed by atoms with Crippen molar-refractivity contribution >= 4 is 5.82 Å². The number of nitrogen functional groups attached to an aromatic ring is 1. The first-order valence-corrected chi connectivity index (χ1v) is 4.49. The van der Waals surface area contributed by atoms with E-state index in [-0.39, 0.29) is 5.82 Å². The Kier molecular flexibility index (Phi) is 2.63. The van der Waals surface area contributed by atoms with E-state index in [2.05, 4.69) is 15.2 Å². The Bertz CT molecular complexity index is 518. The number of hydrogen-bond donors (Lipinski definition) is 1. The molecule has 82 valence electrons.